The molecule has 2 atom stereocenters. The fraction of sp³-hybridized carbons (Fsp3) is 0.529. The van der Waals surface area contributed by atoms with E-state index in [4.69, 9.17) is 5.11 Å². The fourth-order valence-electron chi connectivity index (χ4n) is 3.02. The van der Waals surface area contributed by atoms with Crippen LogP contribution in [-0.2, 0) is 25.8 Å². The first-order chi connectivity index (χ1) is 11.4. The van der Waals surface area contributed by atoms with Crippen molar-refractivity contribution in [2.45, 2.75) is 38.1 Å². The number of sulfone groups is 1. The molecule has 24 heavy (non-hydrogen) atoms. The van der Waals surface area contributed by atoms with Crippen molar-refractivity contribution in [3.63, 3.8) is 0 Å². The van der Waals surface area contributed by atoms with Gasteiger partial charge in [-0.3, -0.25) is 9.59 Å². The third-order valence-electron chi connectivity index (χ3n) is 4.26. The summed E-state index contributed by atoms with van der Waals surface area (Å²) in [4.78, 5) is 22.8. The number of rotatable bonds is 8. The van der Waals surface area contributed by atoms with Gasteiger partial charge in [0.1, 0.15) is 5.75 Å². The standard InChI is InChI=1S/C17H23NO5S/c19-16(18-15-9-8-14(11-15)17(20)21)12-24(22,23)10-4-7-13-5-2-1-3-6-13/h1-3,5-6,14-15H,4,7-12H2,(H,18,19)(H,20,21)/t14-,15+/m0/s1. The molecule has 1 aliphatic rings. The van der Waals surface area contributed by atoms with Crippen molar-refractivity contribution in [2.75, 3.05) is 11.5 Å². The molecule has 0 heterocycles. The second-order valence-corrected chi connectivity index (χ2v) is 8.48. The van der Waals surface area contributed by atoms with Crippen LogP contribution in [0.2, 0.25) is 0 Å². The van der Waals surface area contributed by atoms with E-state index in [2.05, 4.69) is 5.32 Å². The third-order valence-corrected chi connectivity index (χ3v) is 5.87. The van der Waals surface area contributed by atoms with E-state index in [1.54, 1.807) is 0 Å². The number of aryl methyl sites for hydroxylation is 1. The molecule has 1 aromatic carbocycles. The molecule has 6 nitrogen and oxygen atoms in total. The van der Waals surface area contributed by atoms with Crippen molar-refractivity contribution >= 4 is 21.7 Å². The Morgan fingerprint density at radius 1 is 1.17 bits per heavy atom. The molecule has 1 aromatic rings. The van der Waals surface area contributed by atoms with Gasteiger partial charge in [0.05, 0.1) is 11.7 Å². The predicted octanol–water partition coefficient (Wildman–Crippen LogP) is 1.40. The lowest BCUT2D eigenvalue weighted by molar-refractivity contribution is -0.141. The van der Waals surface area contributed by atoms with Gasteiger partial charge in [-0.2, -0.15) is 0 Å². The Hall–Kier alpha value is -1.89. The quantitative estimate of drug-likeness (QED) is 0.736. The van der Waals surface area contributed by atoms with E-state index in [0.717, 1.165) is 5.56 Å². The van der Waals surface area contributed by atoms with Gasteiger partial charge in [0.2, 0.25) is 5.91 Å². The number of carboxylic acid groups (broad SMARTS) is 1. The van der Waals surface area contributed by atoms with Gasteiger partial charge in [0, 0.05) is 6.04 Å². The van der Waals surface area contributed by atoms with E-state index >= 15 is 0 Å². The number of benzene rings is 1. The molecular formula is C17H23NO5S. The number of carboxylic acids is 1. The molecule has 7 heteroatoms. The first-order valence-corrected chi connectivity index (χ1v) is 9.94. The average molecular weight is 353 g/mol. The molecule has 0 aliphatic heterocycles. The highest BCUT2D eigenvalue weighted by Crippen LogP contribution is 2.25. The topological polar surface area (TPSA) is 101 Å². The van der Waals surface area contributed by atoms with Crippen molar-refractivity contribution in [3.8, 4) is 0 Å². The number of hydrogen-bond donors (Lipinski definition) is 2. The highest BCUT2D eigenvalue weighted by atomic mass is 32.2. The molecule has 1 saturated carbocycles. The molecule has 1 amide bonds. The number of carbonyl (C=O) groups excluding carboxylic acids is 1. The average Bonchev–Trinajstić information content (AvgIpc) is 2.96. The van der Waals surface area contributed by atoms with Crippen LogP contribution >= 0.6 is 0 Å². The summed E-state index contributed by atoms with van der Waals surface area (Å²) in [6.07, 6.45) is 2.60. The first kappa shape index (κ1) is 18.4. The zero-order valence-corrected chi connectivity index (χ0v) is 14.3. The Bertz CT molecular complexity index is 671. The molecule has 2 N–H and O–H groups in total. The Labute approximate surface area is 142 Å². The smallest absolute Gasteiger partial charge is 0.306 e. The van der Waals surface area contributed by atoms with Crippen LogP contribution in [0.5, 0.6) is 0 Å². The van der Waals surface area contributed by atoms with Gasteiger partial charge in [-0.1, -0.05) is 30.3 Å². The monoisotopic (exact) mass is 353 g/mol. The van der Waals surface area contributed by atoms with Gasteiger partial charge in [0.15, 0.2) is 9.84 Å². The van der Waals surface area contributed by atoms with Crippen molar-refractivity contribution in [3.05, 3.63) is 35.9 Å². The number of carbonyl (C=O) groups is 2. The van der Waals surface area contributed by atoms with Crippen molar-refractivity contribution in [1.82, 2.24) is 5.32 Å². The van der Waals surface area contributed by atoms with E-state index in [1.807, 2.05) is 30.3 Å². The predicted molar refractivity (Wildman–Crippen MR) is 90.3 cm³/mol. The van der Waals surface area contributed by atoms with E-state index in [-0.39, 0.29) is 11.8 Å². The molecule has 0 saturated heterocycles. The highest BCUT2D eigenvalue weighted by Gasteiger charge is 2.31. The van der Waals surface area contributed by atoms with Crippen molar-refractivity contribution < 1.29 is 23.1 Å². The lowest BCUT2D eigenvalue weighted by Crippen LogP contribution is -2.38. The Kier molecular flexibility index (Phi) is 6.36. The number of aliphatic carboxylic acids is 1. The molecule has 2 rings (SSSR count). The second kappa shape index (κ2) is 8.28. The molecule has 1 aliphatic carbocycles. The molecular weight excluding hydrogens is 330 g/mol. The van der Waals surface area contributed by atoms with Gasteiger partial charge in [-0.25, -0.2) is 8.42 Å². The minimum Gasteiger partial charge on any atom is -0.481 e. The maximum atomic E-state index is 12.0. The summed E-state index contributed by atoms with van der Waals surface area (Å²) in [5.41, 5.74) is 1.07. The molecule has 0 radical (unpaired) electrons. The van der Waals surface area contributed by atoms with Crippen LogP contribution in [0.4, 0.5) is 0 Å². The minimum atomic E-state index is -3.45. The normalized spacial score (nSPS) is 20.7. The largest absolute Gasteiger partial charge is 0.481 e. The molecule has 132 valence electrons. The summed E-state index contributed by atoms with van der Waals surface area (Å²) in [6.45, 7) is 0. The summed E-state index contributed by atoms with van der Waals surface area (Å²) >= 11 is 0. The van der Waals surface area contributed by atoms with Crippen LogP contribution in [0.25, 0.3) is 0 Å². The number of nitrogens with one attached hydrogen (secondary N) is 1. The molecule has 0 spiro atoms. The van der Waals surface area contributed by atoms with Crippen LogP contribution in [-0.4, -0.2) is 42.9 Å². The zero-order chi connectivity index (χ0) is 17.6. The summed E-state index contributed by atoms with van der Waals surface area (Å²) < 4.78 is 24.0. The Balaban J connectivity index is 1.73. The maximum absolute atomic E-state index is 12.0. The van der Waals surface area contributed by atoms with Crippen LogP contribution < -0.4 is 5.32 Å². The zero-order valence-electron chi connectivity index (χ0n) is 13.5. The summed E-state index contributed by atoms with van der Waals surface area (Å²) in [5.74, 6) is -2.41. The summed E-state index contributed by atoms with van der Waals surface area (Å²) in [7, 11) is -3.45. The van der Waals surface area contributed by atoms with Crippen LogP contribution in [0.15, 0.2) is 30.3 Å². The van der Waals surface area contributed by atoms with Gasteiger partial charge >= 0.3 is 5.97 Å². The Morgan fingerprint density at radius 3 is 2.50 bits per heavy atom. The van der Waals surface area contributed by atoms with Crippen LogP contribution in [0.3, 0.4) is 0 Å². The van der Waals surface area contributed by atoms with Crippen LogP contribution in [0, 0.1) is 5.92 Å². The third kappa shape index (κ3) is 5.96. The highest BCUT2D eigenvalue weighted by molar-refractivity contribution is 7.92. The molecule has 0 bridgehead atoms. The van der Waals surface area contributed by atoms with Gasteiger partial charge in [0.25, 0.3) is 0 Å². The van der Waals surface area contributed by atoms with E-state index in [0.29, 0.717) is 32.1 Å². The molecule has 0 unspecified atom stereocenters. The lowest BCUT2D eigenvalue weighted by atomic mass is 10.1. The minimum absolute atomic E-state index is 0.0300. The summed E-state index contributed by atoms with van der Waals surface area (Å²) in [6, 6.07) is 9.36. The van der Waals surface area contributed by atoms with E-state index < -0.39 is 33.4 Å². The van der Waals surface area contributed by atoms with Crippen LogP contribution in [0.1, 0.15) is 31.2 Å². The first-order valence-electron chi connectivity index (χ1n) is 8.12. The fourth-order valence-corrected chi connectivity index (χ4v) is 4.23. The van der Waals surface area contributed by atoms with Gasteiger partial charge in [-0.05, 0) is 37.7 Å². The van der Waals surface area contributed by atoms with Gasteiger partial charge < -0.3 is 10.4 Å². The van der Waals surface area contributed by atoms with Gasteiger partial charge in [-0.15, -0.1) is 0 Å². The number of amides is 1. The number of hydrogen-bond acceptors (Lipinski definition) is 4. The van der Waals surface area contributed by atoms with Crippen molar-refractivity contribution in [1.29, 1.82) is 0 Å². The summed E-state index contributed by atoms with van der Waals surface area (Å²) in [5, 5.41) is 11.6. The van der Waals surface area contributed by atoms with E-state index in [9.17, 15) is 18.0 Å². The maximum Gasteiger partial charge on any atom is 0.306 e. The SMILES string of the molecule is O=C(CS(=O)(=O)CCCc1ccccc1)N[C@@H]1CC[C@H](C(=O)O)C1. The second-order valence-electron chi connectivity index (χ2n) is 6.29. The molecule has 0 aromatic heterocycles. The van der Waals surface area contributed by atoms with Crippen molar-refractivity contribution in [2.24, 2.45) is 5.92 Å². The lowest BCUT2D eigenvalue weighted by Gasteiger charge is -2.12. The van der Waals surface area contributed by atoms with E-state index in [1.165, 1.54) is 0 Å². The molecule has 1 fully saturated rings. The Morgan fingerprint density at radius 2 is 1.88 bits per heavy atom.